The van der Waals surface area contributed by atoms with E-state index < -0.39 is 0 Å². The molecule has 0 N–H and O–H groups in total. The van der Waals surface area contributed by atoms with Gasteiger partial charge in [0.25, 0.3) is 0 Å². The zero-order chi connectivity index (χ0) is 33.0. The Morgan fingerprint density at radius 3 is 1.78 bits per heavy atom. The van der Waals surface area contributed by atoms with Gasteiger partial charge in [-0.2, -0.15) is 0 Å². The molecule has 0 aliphatic rings. The second-order valence-electron chi connectivity index (χ2n) is 12.6. The molecule has 0 aliphatic heterocycles. The van der Waals surface area contributed by atoms with Crippen molar-refractivity contribution in [2.45, 2.75) is 0 Å². The van der Waals surface area contributed by atoms with E-state index in [1.807, 2.05) is 11.3 Å². The van der Waals surface area contributed by atoms with Crippen molar-refractivity contribution >= 4 is 53.3 Å². The minimum Gasteiger partial charge on any atom is -0.308 e. The molecule has 4 nitrogen and oxygen atoms in total. The van der Waals surface area contributed by atoms with Gasteiger partial charge in [-0.1, -0.05) is 111 Å². The third-order valence-electron chi connectivity index (χ3n) is 9.63. The van der Waals surface area contributed by atoms with Gasteiger partial charge in [0, 0.05) is 67.3 Å². The van der Waals surface area contributed by atoms with Crippen molar-refractivity contribution in [1.82, 2.24) is 4.57 Å². The van der Waals surface area contributed by atoms with Crippen molar-refractivity contribution in [1.29, 1.82) is 0 Å². The fraction of sp³-hybridized carbons (Fsp3) is 0. The first kappa shape index (κ1) is 28.6. The molecule has 0 bridgehead atoms. The van der Waals surface area contributed by atoms with Gasteiger partial charge < -0.3 is 4.57 Å². The molecule has 5 heteroatoms. The van der Waals surface area contributed by atoms with Crippen LogP contribution in [0.2, 0.25) is 0 Å². The largest absolute Gasteiger partial charge is 0.428 e. The van der Waals surface area contributed by atoms with Gasteiger partial charge in [0.15, 0.2) is 0 Å². The van der Waals surface area contributed by atoms with Crippen LogP contribution in [-0.4, -0.2) is 4.57 Å². The molecule has 10 rings (SSSR count). The minimum atomic E-state index is 1.07. The first-order valence-electron chi connectivity index (χ1n) is 16.8. The standard InChI is InChI=1S/C45H31N4S/c1-3-12-32(13-4-1)33-22-24-35(25-23-33)47-29-46(34-14-5-2-6-15-34)30-48(31-47)36-16-11-17-37(28-36)49-41-20-9-7-18-38(41)39-26-27-43-44(45(39)49)40-19-8-10-21-42(40)50-43/h1-31H/q+3. The van der Waals surface area contributed by atoms with Crippen molar-refractivity contribution < 1.29 is 13.7 Å². The summed E-state index contributed by atoms with van der Waals surface area (Å²) in [6, 6.07) is 60.8. The Bertz CT molecular complexity index is 2850. The Balaban J connectivity index is 1.17. The Labute approximate surface area is 293 Å². The van der Waals surface area contributed by atoms with Gasteiger partial charge in [-0.25, -0.2) is 0 Å². The summed E-state index contributed by atoms with van der Waals surface area (Å²) in [7, 11) is 0. The number of aromatic nitrogens is 4. The Hall–Kier alpha value is -6.43. The van der Waals surface area contributed by atoms with E-state index in [0.29, 0.717) is 0 Å². The van der Waals surface area contributed by atoms with Crippen LogP contribution < -0.4 is 13.7 Å². The van der Waals surface area contributed by atoms with Gasteiger partial charge in [-0.3, -0.25) is 0 Å². The first-order chi connectivity index (χ1) is 24.8. The highest BCUT2D eigenvalue weighted by Gasteiger charge is 2.26. The quantitative estimate of drug-likeness (QED) is 0.164. The zero-order valence-electron chi connectivity index (χ0n) is 27.1. The van der Waals surface area contributed by atoms with Crippen LogP contribution in [0.15, 0.2) is 189 Å². The van der Waals surface area contributed by atoms with Crippen LogP contribution in [0.1, 0.15) is 0 Å². The molecule has 0 aliphatic carbocycles. The Morgan fingerprint density at radius 1 is 0.400 bits per heavy atom. The van der Waals surface area contributed by atoms with Crippen molar-refractivity contribution in [2.75, 3.05) is 0 Å². The van der Waals surface area contributed by atoms with Crippen molar-refractivity contribution in [2.24, 2.45) is 0 Å². The molecule has 0 spiro atoms. The molecule has 0 fully saturated rings. The summed E-state index contributed by atoms with van der Waals surface area (Å²) >= 11 is 1.87. The van der Waals surface area contributed by atoms with E-state index in [1.54, 1.807) is 0 Å². The molecule has 0 atom stereocenters. The molecule has 3 aromatic heterocycles. The summed E-state index contributed by atoms with van der Waals surface area (Å²) in [6.45, 7) is 0. The van der Waals surface area contributed by atoms with Gasteiger partial charge in [0.2, 0.25) is 17.1 Å². The lowest BCUT2D eigenvalue weighted by atomic mass is 10.1. The molecule has 7 aromatic carbocycles. The van der Waals surface area contributed by atoms with Crippen molar-refractivity contribution in [3.8, 4) is 33.9 Å². The van der Waals surface area contributed by atoms with Crippen LogP contribution >= 0.6 is 11.3 Å². The predicted molar refractivity (Wildman–Crippen MR) is 204 cm³/mol. The lowest BCUT2D eigenvalue weighted by molar-refractivity contribution is -0.858. The maximum absolute atomic E-state index is 2.46. The molecule has 0 radical (unpaired) electrons. The molecule has 0 saturated heterocycles. The first-order valence-corrected chi connectivity index (χ1v) is 17.6. The molecule has 0 amide bonds. The van der Waals surface area contributed by atoms with Gasteiger partial charge in [-0.15, -0.1) is 11.3 Å². The molecule has 234 valence electrons. The Kier molecular flexibility index (Phi) is 6.64. The van der Waals surface area contributed by atoms with Gasteiger partial charge in [0.05, 0.1) is 16.7 Å². The normalized spacial score (nSPS) is 11.6. The van der Waals surface area contributed by atoms with Crippen LogP contribution in [-0.2, 0) is 0 Å². The summed E-state index contributed by atoms with van der Waals surface area (Å²) in [4.78, 5) is 0. The molecule has 0 unspecified atom stereocenters. The number of fused-ring (bicyclic) bond motifs is 7. The molecular formula is C45H31N4S+3. The van der Waals surface area contributed by atoms with Crippen LogP contribution in [0.3, 0.4) is 0 Å². The highest BCUT2D eigenvalue weighted by atomic mass is 32.1. The summed E-state index contributed by atoms with van der Waals surface area (Å²) in [5, 5.41) is 5.15. The van der Waals surface area contributed by atoms with Crippen molar-refractivity contribution in [3.63, 3.8) is 0 Å². The lowest BCUT2D eigenvalue weighted by Crippen LogP contribution is -2.55. The number of benzene rings is 7. The van der Waals surface area contributed by atoms with Gasteiger partial charge in [-0.05, 0) is 47.5 Å². The van der Waals surface area contributed by atoms with Crippen molar-refractivity contribution in [3.05, 3.63) is 189 Å². The maximum Gasteiger partial charge on any atom is 0.428 e. The fourth-order valence-electron chi connectivity index (χ4n) is 7.27. The van der Waals surface area contributed by atoms with E-state index in [4.69, 9.17) is 0 Å². The highest BCUT2D eigenvalue weighted by molar-refractivity contribution is 7.26. The van der Waals surface area contributed by atoms with E-state index in [2.05, 4.69) is 207 Å². The van der Waals surface area contributed by atoms with Crippen LogP contribution in [0.4, 0.5) is 0 Å². The average Bonchev–Trinajstić information content (AvgIpc) is 3.74. The number of para-hydroxylation sites is 2. The van der Waals surface area contributed by atoms with E-state index in [9.17, 15) is 0 Å². The number of nitrogens with zero attached hydrogens (tertiary/aromatic N) is 4. The van der Waals surface area contributed by atoms with E-state index in [1.165, 1.54) is 53.1 Å². The number of rotatable bonds is 5. The van der Waals surface area contributed by atoms with E-state index in [0.717, 1.165) is 22.7 Å². The Morgan fingerprint density at radius 2 is 1.00 bits per heavy atom. The molecule has 50 heavy (non-hydrogen) atoms. The minimum absolute atomic E-state index is 1.07. The topological polar surface area (TPSA) is 16.6 Å². The molecule has 3 heterocycles. The summed E-state index contributed by atoms with van der Waals surface area (Å²) in [6.07, 6.45) is 6.45. The second-order valence-corrected chi connectivity index (χ2v) is 13.7. The number of hydrogen-bond acceptors (Lipinski definition) is 1. The predicted octanol–water partition coefficient (Wildman–Crippen LogP) is 9.65. The molecule has 0 saturated carbocycles. The third-order valence-corrected chi connectivity index (χ3v) is 10.8. The van der Waals surface area contributed by atoms with Crippen LogP contribution in [0, 0.1) is 0 Å². The van der Waals surface area contributed by atoms with E-state index in [-0.39, 0.29) is 0 Å². The second kappa shape index (κ2) is 11.6. The summed E-state index contributed by atoms with van der Waals surface area (Å²) in [5.74, 6) is 0. The number of hydrogen-bond donors (Lipinski definition) is 0. The summed E-state index contributed by atoms with van der Waals surface area (Å²) < 4.78 is 11.7. The average molecular weight is 660 g/mol. The van der Waals surface area contributed by atoms with E-state index >= 15 is 0 Å². The molecule has 10 aromatic rings. The van der Waals surface area contributed by atoms with Gasteiger partial charge >= 0.3 is 19.0 Å². The fourth-order valence-corrected chi connectivity index (χ4v) is 8.38. The maximum atomic E-state index is 2.46. The monoisotopic (exact) mass is 659 g/mol. The SMILES string of the molecule is c1ccc(-c2ccc(-[n+]3c[n+](-c4ccccc4)c[n+](-c4cccc(-n5c6ccccc6c6ccc7sc8ccccc8c7c65)c4)c3)cc2)cc1. The highest BCUT2D eigenvalue weighted by Crippen LogP contribution is 2.42. The van der Waals surface area contributed by atoms with Crippen LogP contribution in [0.25, 0.3) is 75.9 Å². The van der Waals surface area contributed by atoms with Crippen LogP contribution in [0.5, 0.6) is 0 Å². The zero-order valence-corrected chi connectivity index (χ0v) is 27.9. The number of thiophene rings is 1. The lowest BCUT2D eigenvalue weighted by Gasteiger charge is -2.09. The molecular weight excluding hydrogens is 629 g/mol. The smallest absolute Gasteiger partial charge is 0.308 e. The van der Waals surface area contributed by atoms with Gasteiger partial charge in [0.1, 0.15) is 0 Å². The summed E-state index contributed by atoms with van der Waals surface area (Å²) in [5.41, 5.74) is 9.21. The third kappa shape index (κ3) is 4.71.